The SMILES string of the molecule is Cc1ccc(S(=O)(=O)NCCC(=O)OCC(=O)Nc2c(C(C)C)cccc2C(C)C)cc1. The molecule has 0 heterocycles. The normalized spacial score (nSPS) is 11.6. The first-order chi connectivity index (χ1) is 15.0. The van der Waals surface area contributed by atoms with Crippen molar-refractivity contribution < 1.29 is 22.7 Å². The zero-order valence-corrected chi connectivity index (χ0v) is 20.1. The van der Waals surface area contributed by atoms with Crippen molar-refractivity contribution >= 4 is 27.6 Å². The van der Waals surface area contributed by atoms with Gasteiger partial charge < -0.3 is 10.1 Å². The second kappa shape index (κ2) is 11.2. The standard InChI is InChI=1S/C24H32N2O5S/c1-16(2)20-7-6-8-21(17(3)4)24(20)26-22(27)15-31-23(28)13-14-25-32(29,30)19-11-9-18(5)10-12-19/h6-12,16-17,25H,13-15H2,1-5H3,(H,26,27). The molecule has 8 heteroatoms. The van der Waals surface area contributed by atoms with Crippen LogP contribution < -0.4 is 10.0 Å². The quantitative estimate of drug-likeness (QED) is 0.520. The van der Waals surface area contributed by atoms with E-state index < -0.39 is 28.5 Å². The van der Waals surface area contributed by atoms with Crippen LogP contribution in [0.4, 0.5) is 5.69 Å². The first kappa shape index (κ1) is 25.5. The molecule has 2 N–H and O–H groups in total. The maximum atomic E-state index is 12.4. The van der Waals surface area contributed by atoms with Gasteiger partial charge in [-0.3, -0.25) is 9.59 Å². The Bertz CT molecular complexity index is 1020. The number of esters is 1. The third kappa shape index (κ3) is 7.17. The number of carbonyl (C=O) groups excluding carboxylic acids is 2. The van der Waals surface area contributed by atoms with Gasteiger partial charge in [0, 0.05) is 12.2 Å². The smallest absolute Gasteiger partial charge is 0.307 e. The molecular weight excluding hydrogens is 428 g/mol. The highest BCUT2D eigenvalue weighted by Gasteiger charge is 2.18. The van der Waals surface area contributed by atoms with Gasteiger partial charge in [0.25, 0.3) is 5.91 Å². The van der Waals surface area contributed by atoms with Gasteiger partial charge in [0.05, 0.1) is 11.3 Å². The van der Waals surface area contributed by atoms with Gasteiger partial charge in [0.2, 0.25) is 10.0 Å². The van der Waals surface area contributed by atoms with E-state index in [0.717, 1.165) is 22.4 Å². The number of benzene rings is 2. The predicted molar refractivity (Wildman–Crippen MR) is 125 cm³/mol. The summed E-state index contributed by atoms with van der Waals surface area (Å²) < 4.78 is 31.9. The number of para-hydroxylation sites is 1. The molecule has 32 heavy (non-hydrogen) atoms. The largest absolute Gasteiger partial charge is 0.456 e. The number of hydrogen-bond acceptors (Lipinski definition) is 5. The monoisotopic (exact) mass is 460 g/mol. The van der Waals surface area contributed by atoms with E-state index in [1.807, 2.05) is 52.8 Å². The highest BCUT2D eigenvalue weighted by Crippen LogP contribution is 2.32. The summed E-state index contributed by atoms with van der Waals surface area (Å²) in [7, 11) is -3.71. The van der Waals surface area contributed by atoms with E-state index >= 15 is 0 Å². The van der Waals surface area contributed by atoms with Gasteiger partial charge >= 0.3 is 5.97 Å². The number of hydrogen-bond donors (Lipinski definition) is 2. The summed E-state index contributed by atoms with van der Waals surface area (Å²) in [4.78, 5) is 24.5. The number of amides is 1. The average molecular weight is 461 g/mol. The number of aryl methyl sites for hydroxylation is 1. The van der Waals surface area contributed by atoms with Crippen molar-refractivity contribution in [2.75, 3.05) is 18.5 Å². The lowest BCUT2D eigenvalue weighted by molar-refractivity contribution is -0.147. The number of carbonyl (C=O) groups is 2. The molecule has 0 aliphatic heterocycles. The maximum Gasteiger partial charge on any atom is 0.307 e. The van der Waals surface area contributed by atoms with Crippen molar-refractivity contribution in [2.24, 2.45) is 0 Å². The Morgan fingerprint density at radius 2 is 1.50 bits per heavy atom. The topological polar surface area (TPSA) is 102 Å². The molecule has 7 nitrogen and oxygen atoms in total. The summed E-state index contributed by atoms with van der Waals surface area (Å²) in [5.41, 5.74) is 3.73. The van der Waals surface area contributed by atoms with Crippen molar-refractivity contribution in [1.29, 1.82) is 0 Å². The van der Waals surface area contributed by atoms with Gasteiger partial charge in [-0.1, -0.05) is 63.6 Å². The van der Waals surface area contributed by atoms with Crippen LogP contribution in [0.15, 0.2) is 47.4 Å². The third-order valence-electron chi connectivity index (χ3n) is 4.95. The van der Waals surface area contributed by atoms with Crippen molar-refractivity contribution in [3.8, 4) is 0 Å². The van der Waals surface area contributed by atoms with Crippen LogP contribution in [0.2, 0.25) is 0 Å². The first-order valence-electron chi connectivity index (χ1n) is 10.7. The van der Waals surface area contributed by atoms with E-state index in [9.17, 15) is 18.0 Å². The molecule has 0 radical (unpaired) electrons. The summed E-state index contributed by atoms with van der Waals surface area (Å²) in [6.45, 7) is 9.50. The number of sulfonamides is 1. The van der Waals surface area contributed by atoms with E-state index in [-0.39, 0.29) is 29.7 Å². The van der Waals surface area contributed by atoms with Crippen LogP contribution >= 0.6 is 0 Å². The molecule has 0 fully saturated rings. The molecular formula is C24H32N2O5S. The van der Waals surface area contributed by atoms with Crippen molar-refractivity contribution in [1.82, 2.24) is 4.72 Å². The van der Waals surface area contributed by atoms with E-state index in [1.54, 1.807) is 12.1 Å². The molecule has 0 bridgehead atoms. The molecule has 0 spiro atoms. The van der Waals surface area contributed by atoms with Gasteiger partial charge in [-0.15, -0.1) is 0 Å². The summed E-state index contributed by atoms with van der Waals surface area (Å²) in [5, 5.41) is 2.88. The molecule has 2 rings (SSSR count). The lowest BCUT2D eigenvalue weighted by atomic mass is 9.92. The second-order valence-electron chi connectivity index (χ2n) is 8.29. The molecule has 2 aromatic rings. The van der Waals surface area contributed by atoms with Gasteiger partial charge in [0.1, 0.15) is 0 Å². The van der Waals surface area contributed by atoms with Gasteiger partial charge in [-0.05, 0) is 42.0 Å². The fraction of sp³-hybridized carbons (Fsp3) is 0.417. The lowest BCUT2D eigenvalue weighted by Crippen LogP contribution is -2.28. The summed E-state index contributed by atoms with van der Waals surface area (Å²) in [5.74, 6) is -0.664. The molecule has 1 amide bonds. The second-order valence-corrected chi connectivity index (χ2v) is 10.1. The summed E-state index contributed by atoms with van der Waals surface area (Å²) in [6, 6.07) is 12.3. The van der Waals surface area contributed by atoms with E-state index in [1.165, 1.54) is 12.1 Å². The fourth-order valence-electron chi connectivity index (χ4n) is 3.18. The molecule has 174 valence electrons. The summed E-state index contributed by atoms with van der Waals surface area (Å²) >= 11 is 0. The molecule has 0 aliphatic rings. The van der Waals surface area contributed by atoms with Crippen LogP contribution in [0.5, 0.6) is 0 Å². The zero-order valence-electron chi connectivity index (χ0n) is 19.3. The first-order valence-corrected chi connectivity index (χ1v) is 12.1. The number of ether oxygens (including phenoxy) is 1. The Morgan fingerprint density at radius 1 is 0.938 bits per heavy atom. The predicted octanol–water partition coefficient (Wildman–Crippen LogP) is 4.09. The highest BCUT2D eigenvalue weighted by atomic mass is 32.2. The highest BCUT2D eigenvalue weighted by molar-refractivity contribution is 7.89. The van der Waals surface area contributed by atoms with Crippen LogP contribution in [0, 0.1) is 6.92 Å². The van der Waals surface area contributed by atoms with Crippen molar-refractivity contribution in [3.05, 3.63) is 59.2 Å². The molecule has 0 aromatic heterocycles. The number of nitrogens with one attached hydrogen (secondary N) is 2. The van der Waals surface area contributed by atoms with Gasteiger partial charge in [0.15, 0.2) is 6.61 Å². The average Bonchev–Trinajstić information content (AvgIpc) is 2.72. The Hall–Kier alpha value is -2.71. The fourth-order valence-corrected chi connectivity index (χ4v) is 4.21. The summed E-state index contributed by atoms with van der Waals surface area (Å²) in [6.07, 6.45) is -0.182. The van der Waals surface area contributed by atoms with E-state index in [4.69, 9.17) is 4.74 Å². The van der Waals surface area contributed by atoms with Gasteiger partial charge in [-0.2, -0.15) is 0 Å². The minimum atomic E-state index is -3.71. The van der Waals surface area contributed by atoms with E-state index in [0.29, 0.717) is 0 Å². The van der Waals surface area contributed by atoms with Crippen molar-refractivity contribution in [3.63, 3.8) is 0 Å². The molecule has 0 unspecified atom stereocenters. The Labute approximate surface area is 190 Å². The zero-order chi connectivity index (χ0) is 23.9. The Kier molecular flexibility index (Phi) is 8.98. The molecule has 2 aromatic carbocycles. The van der Waals surface area contributed by atoms with Crippen LogP contribution in [-0.4, -0.2) is 33.4 Å². The minimum Gasteiger partial charge on any atom is -0.456 e. The molecule has 0 saturated carbocycles. The van der Waals surface area contributed by atoms with Crippen LogP contribution in [-0.2, 0) is 24.3 Å². The van der Waals surface area contributed by atoms with E-state index in [2.05, 4.69) is 10.0 Å². The Balaban J connectivity index is 1.87. The molecule has 0 saturated heterocycles. The minimum absolute atomic E-state index is 0.121. The van der Waals surface area contributed by atoms with Gasteiger partial charge in [-0.25, -0.2) is 13.1 Å². The number of rotatable bonds is 10. The van der Waals surface area contributed by atoms with Crippen LogP contribution in [0.3, 0.4) is 0 Å². The third-order valence-corrected chi connectivity index (χ3v) is 6.43. The maximum absolute atomic E-state index is 12.4. The molecule has 0 aliphatic carbocycles. The Morgan fingerprint density at radius 3 is 2.03 bits per heavy atom. The van der Waals surface area contributed by atoms with Crippen LogP contribution in [0.1, 0.15) is 62.6 Å². The number of anilines is 1. The lowest BCUT2D eigenvalue weighted by Gasteiger charge is -2.20. The molecule has 0 atom stereocenters. The van der Waals surface area contributed by atoms with Crippen LogP contribution in [0.25, 0.3) is 0 Å². The van der Waals surface area contributed by atoms with Crippen molar-refractivity contribution in [2.45, 2.75) is 57.8 Å².